The Kier molecular flexibility index (Phi) is 3.20. The van der Waals surface area contributed by atoms with Crippen LogP contribution in [0.5, 0.6) is 0 Å². The van der Waals surface area contributed by atoms with Crippen molar-refractivity contribution in [3.8, 4) is 0 Å². The van der Waals surface area contributed by atoms with Crippen LogP contribution in [0.15, 0.2) is 33.6 Å². The van der Waals surface area contributed by atoms with E-state index in [0.29, 0.717) is 0 Å². The van der Waals surface area contributed by atoms with Gasteiger partial charge in [-0.3, -0.25) is 0 Å². The molecule has 0 atom stereocenters. The maximum absolute atomic E-state index is 10.8. The van der Waals surface area contributed by atoms with Crippen LogP contribution in [0.1, 0.15) is 0 Å². The van der Waals surface area contributed by atoms with Crippen LogP contribution in [-0.4, -0.2) is 14.7 Å². The zero-order chi connectivity index (χ0) is 9.19. The van der Waals surface area contributed by atoms with Gasteiger partial charge >= 0.3 is 0 Å². The molecule has 0 aliphatic heterocycles. The number of hydrogen-bond donors (Lipinski definition) is 0. The van der Waals surface area contributed by atoms with Crippen molar-refractivity contribution in [2.24, 2.45) is 0 Å². The third-order valence-electron chi connectivity index (χ3n) is 1.06. The second-order valence-corrected chi connectivity index (χ2v) is 7.52. The molecule has 0 N–H and O–H groups in total. The molecule has 0 heterocycles. The molecule has 0 unspecified atom stereocenters. The zero-order valence-corrected chi connectivity index (χ0v) is 9.54. The van der Waals surface area contributed by atoms with E-state index >= 15 is 0 Å². The van der Waals surface area contributed by atoms with Gasteiger partial charge in [0.25, 0.3) is 0 Å². The molecular weight excluding hydrogens is 260 g/mol. The molecule has 0 bridgehead atoms. The number of halogens is 1. The SMILES string of the molecule is CS(=O)(=O)Sc1ccc(Br)cc1. The summed E-state index contributed by atoms with van der Waals surface area (Å²) in [5.74, 6) is 0. The van der Waals surface area contributed by atoms with Gasteiger partial charge in [-0.15, -0.1) is 0 Å². The monoisotopic (exact) mass is 266 g/mol. The Morgan fingerprint density at radius 2 is 1.75 bits per heavy atom. The van der Waals surface area contributed by atoms with Gasteiger partial charge in [0.05, 0.1) is 0 Å². The highest BCUT2D eigenvalue weighted by atomic mass is 79.9. The lowest BCUT2D eigenvalue weighted by molar-refractivity contribution is 0.615. The normalized spacial score (nSPS) is 11.5. The van der Waals surface area contributed by atoms with E-state index in [0.717, 1.165) is 20.2 Å². The Morgan fingerprint density at radius 1 is 1.25 bits per heavy atom. The summed E-state index contributed by atoms with van der Waals surface area (Å²) in [7, 11) is -2.13. The molecule has 0 fully saturated rings. The van der Waals surface area contributed by atoms with E-state index in [-0.39, 0.29) is 0 Å². The van der Waals surface area contributed by atoms with E-state index < -0.39 is 8.87 Å². The third kappa shape index (κ3) is 3.60. The highest BCUT2D eigenvalue weighted by molar-refractivity contribution is 9.10. The molecule has 0 amide bonds. The zero-order valence-electron chi connectivity index (χ0n) is 6.32. The van der Waals surface area contributed by atoms with Gasteiger partial charge < -0.3 is 0 Å². The van der Waals surface area contributed by atoms with Gasteiger partial charge in [-0.05, 0) is 24.3 Å². The van der Waals surface area contributed by atoms with Crippen LogP contribution in [-0.2, 0) is 8.87 Å². The quantitative estimate of drug-likeness (QED) is 0.772. The molecule has 0 aliphatic carbocycles. The summed E-state index contributed by atoms with van der Waals surface area (Å²) in [6, 6.07) is 7.15. The third-order valence-corrected chi connectivity index (χ3v) is 3.84. The summed E-state index contributed by atoms with van der Waals surface area (Å²) in [6.45, 7) is 0. The molecule has 0 aromatic heterocycles. The topological polar surface area (TPSA) is 34.1 Å². The molecule has 1 aromatic rings. The molecule has 12 heavy (non-hydrogen) atoms. The second kappa shape index (κ2) is 3.81. The predicted octanol–water partition coefficient (Wildman–Crippen LogP) is 2.50. The summed E-state index contributed by atoms with van der Waals surface area (Å²) in [6.07, 6.45) is 1.19. The first kappa shape index (κ1) is 10.1. The van der Waals surface area contributed by atoms with Crippen molar-refractivity contribution in [2.45, 2.75) is 4.90 Å². The first-order valence-electron chi connectivity index (χ1n) is 3.12. The first-order valence-corrected chi connectivity index (χ1v) is 7.14. The predicted molar refractivity (Wildman–Crippen MR) is 54.8 cm³/mol. The highest BCUT2D eigenvalue weighted by Crippen LogP contribution is 2.24. The molecule has 0 radical (unpaired) electrons. The van der Waals surface area contributed by atoms with Gasteiger partial charge in [-0.25, -0.2) is 8.42 Å². The van der Waals surface area contributed by atoms with E-state index in [1.54, 1.807) is 12.1 Å². The van der Waals surface area contributed by atoms with Crippen molar-refractivity contribution in [1.82, 2.24) is 0 Å². The minimum atomic E-state index is -2.99. The lowest BCUT2D eigenvalue weighted by Crippen LogP contribution is -1.86. The minimum absolute atomic E-state index is 0.737. The molecule has 5 heteroatoms. The summed E-state index contributed by atoms with van der Waals surface area (Å²) in [5, 5.41) is 0. The van der Waals surface area contributed by atoms with Crippen LogP contribution in [0.4, 0.5) is 0 Å². The Hall–Kier alpha value is -0.000000000000000111. The fourth-order valence-electron chi connectivity index (χ4n) is 0.665. The number of benzene rings is 1. The smallest absolute Gasteiger partial charge is 0.203 e. The van der Waals surface area contributed by atoms with Gasteiger partial charge in [-0.2, -0.15) is 0 Å². The number of hydrogen-bond acceptors (Lipinski definition) is 3. The molecule has 0 spiro atoms. The van der Waals surface area contributed by atoms with Gasteiger partial charge in [0.2, 0.25) is 8.87 Å². The largest absolute Gasteiger partial charge is 0.217 e. The molecule has 66 valence electrons. The Bertz CT molecular complexity index is 355. The van der Waals surface area contributed by atoms with Crippen molar-refractivity contribution in [3.05, 3.63) is 28.7 Å². The van der Waals surface area contributed by atoms with Crippen LogP contribution < -0.4 is 0 Å². The molecule has 0 saturated carbocycles. The second-order valence-electron chi connectivity index (χ2n) is 2.24. The van der Waals surface area contributed by atoms with Crippen molar-refractivity contribution in [1.29, 1.82) is 0 Å². The summed E-state index contributed by atoms with van der Waals surface area (Å²) in [4.78, 5) is 0.737. The van der Waals surface area contributed by atoms with Gasteiger partial charge in [0.1, 0.15) is 0 Å². The van der Waals surface area contributed by atoms with E-state index in [9.17, 15) is 8.42 Å². The number of rotatable bonds is 2. The summed E-state index contributed by atoms with van der Waals surface area (Å²) < 4.78 is 22.6. The van der Waals surface area contributed by atoms with Crippen molar-refractivity contribution in [2.75, 3.05) is 6.26 Å². The maximum Gasteiger partial charge on any atom is 0.203 e. The van der Waals surface area contributed by atoms with E-state index in [1.165, 1.54) is 6.26 Å². The summed E-state index contributed by atoms with van der Waals surface area (Å²) >= 11 is 3.27. The molecule has 1 rings (SSSR count). The van der Waals surface area contributed by atoms with Crippen LogP contribution >= 0.6 is 26.7 Å². The maximum atomic E-state index is 10.8. The van der Waals surface area contributed by atoms with Gasteiger partial charge in [-0.1, -0.05) is 15.9 Å². The van der Waals surface area contributed by atoms with E-state index in [1.807, 2.05) is 12.1 Å². The highest BCUT2D eigenvalue weighted by Gasteiger charge is 2.04. The molecule has 2 nitrogen and oxygen atoms in total. The van der Waals surface area contributed by atoms with Gasteiger partial charge in [0.15, 0.2) is 0 Å². The van der Waals surface area contributed by atoms with Crippen molar-refractivity contribution in [3.63, 3.8) is 0 Å². The Morgan fingerprint density at radius 3 is 2.17 bits per heavy atom. The minimum Gasteiger partial charge on any atom is -0.217 e. The van der Waals surface area contributed by atoms with Crippen LogP contribution in [0.2, 0.25) is 0 Å². The molecule has 1 aromatic carbocycles. The Labute approximate surface area is 83.8 Å². The fraction of sp³-hybridized carbons (Fsp3) is 0.143. The fourth-order valence-corrected chi connectivity index (χ4v) is 2.91. The molecule has 0 saturated heterocycles. The average molecular weight is 267 g/mol. The summed E-state index contributed by atoms with van der Waals surface area (Å²) in [5.41, 5.74) is 0. The standard InChI is InChI=1S/C7H7BrO2S2/c1-12(9,10)11-7-4-2-6(8)3-5-7/h2-5H,1H3. The first-order chi connectivity index (χ1) is 5.47. The van der Waals surface area contributed by atoms with Crippen LogP contribution in [0, 0.1) is 0 Å². The molecular formula is C7H7BrO2S2. The lowest BCUT2D eigenvalue weighted by Gasteiger charge is -1.97. The van der Waals surface area contributed by atoms with Crippen molar-refractivity contribution < 1.29 is 8.42 Å². The average Bonchev–Trinajstić information content (AvgIpc) is 1.91. The van der Waals surface area contributed by atoms with E-state index in [2.05, 4.69) is 15.9 Å². The lowest BCUT2D eigenvalue weighted by atomic mass is 10.4. The van der Waals surface area contributed by atoms with Crippen LogP contribution in [0.25, 0.3) is 0 Å². The van der Waals surface area contributed by atoms with Gasteiger partial charge in [0, 0.05) is 26.4 Å². The van der Waals surface area contributed by atoms with Crippen LogP contribution in [0.3, 0.4) is 0 Å². The Balaban J connectivity index is 2.85. The molecule has 0 aliphatic rings. The van der Waals surface area contributed by atoms with E-state index in [4.69, 9.17) is 0 Å². The van der Waals surface area contributed by atoms with Crippen molar-refractivity contribution >= 4 is 35.6 Å².